The van der Waals surface area contributed by atoms with Crippen LogP contribution in [0.4, 0.5) is 5.69 Å². The van der Waals surface area contributed by atoms with Crippen molar-refractivity contribution in [3.63, 3.8) is 0 Å². The Kier molecular flexibility index (Phi) is 5.52. The Bertz CT molecular complexity index is 723. The number of nitrogens with one attached hydrogen (secondary N) is 1. The van der Waals surface area contributed by atoms with Crippen LogP contribution in [-0.2, 0) is 9.53 Å². The Morgan fingerprint density at radius 3 is 2.43 bits per heavy atom. The van der Waals surface area contributed by atoms with Crippen LogP contribution in [0.2, 0.25) is 0 Å². The maximum Gasteiger partial charge on any atom is 0.340 e. The fourth-order valence-electron chi connectivity index (χ4n) is 1.95. The van der Waals surface area contributed by atoms with Gasteiger partial charge >= 0.3 is 5.97 Å². The molecule has 0 bridgehead atoms. The van der Waals surface area contributed by atoms with Crippen molar-refractivity contribution in [1.82, 2.24) is 0 Å². The number of amides is 1. The molecule has 118 valence electrons. The molecule has 5 nitrogen and oxygen atoms in total. The molecule has 1 amide bonds. The maximum atomic E-state index is 12.0. The van der Waals surface area contributed by atoms with E-state index in [1.54, 1.807) is 18.2 Å². The van der Waals surface area contributed by atoms with Gasteiger partial charge in [-0.25, -0.2) is 4.79 Å². The molecule has 0 unspecified atom stereocenters. The van der Waals surface area contributed by atoms with Crippen LogP contribution in [0.3, 0.4) is 0 Å². The second-order valence-corrected chi connectivity index (χ2v) is 4.64. The zero-order valence-electron chi connectivity index (χ0n) is 12.9. The van der Waals surface area contributed by atoms with E-state index < -0.39 is 5.97 Å². The molecule has 1 N–H and O–H groups in total. The molecular formula is C18H17NO4. The normalized spacial score (nSPS) is 10.3. The van der Waals surface area contributed by atoms with Crippen molar-refractivity contribution < 1.29 is 19.1 Å². The summed E-state index contributed by atoms with van der Waals surface area (Å²) in [6.07, 6.45) is 3.09. The highest BCUT2D eigenvalue weighted by molar-refractivity contribution is 6.06. The van der Waals surface area contributed by atoms with Crippen LogP contribution < -0.4 is 10.1 Å². The van der Waals surface area contributed by atoms with Crippen LogP contribution in [0.5, 0.6) is 5.75 Å². The van der Waals surface area contributed by atoms with Gasteiger partial charge < -0.3 is 14.8 Å². The average Bonchev–Trinajstić information content (AvgIpc) is 2.60. The van der Waals surface area contributed by atoms with Crippen LogP contribution in [0.15, 0.2) is 54.6 Å². The molecule has 0 aliphatic rings. The number of hydrogen-bond acceptors (Lipinski definition) is 4. The molecule has 0 fully saturated rings. The number of methoxy groups -OCH3 is 2. The van der Waals surface area contributed by atoms with Gasteiger partial charge in [0.2, 0.25) is 5.91 Å². The molecule has 0 saturated carbocycles. The van der Waals surface area contributed by atoms with Crippen LogP contribution >= 0.6 is 0 Å². The molecule has 0 aromatic heterocycles. The van der Waals surface area contributed by atoms with Crippen molar-refractivity contribution in [3.05, 3.63) is 65.7 Å². The van der Waals surface area contributed by atoms with E-state index in [1.165, 1.54) is 26.4 Å². The molecule has 0 saturated heterocycles. The monoisotopic (exact) mass is 311 g/mol. The van der Waals surface area contributed by atoms with Crippen LogP contribution in [0, 0.1) is 0 Å². The van der Waals surface area contributed by atoms with Gasteiger partial charge in [0.1, 0.15) is 5.75 Å². The quantitative estimate of drug-likeness (QED) is 0.680. The summed E-state index contributed by atoms with van der Waals surface area (Å²) in [7, 11) is 2.78. The summed E-state index contributed by atoms with van der Waals surface area (Å²) in [6, 6.07) is 14.2. The lowest BCUT2D eigenvalue weighted by atomic mass is 10.1. The smallest absolute Gasteiger partial charge is 0.340 e. The summed E-state index contributed by atoms with van der Waals surface area (Å²) < 4.78 is 9.80. The average molecular weight is 311 g/mol. The molecule has 0 aliphatic carbocycles. The van der Waals surface area contributed by atoms with Crippen molar-refractivity contribution in [2.45, 2.75) is 0 Å². The van der Waals surface area contributed by atoms with E-state index in [-0.39, 0.29) is 11.5 Å². The SMILES string of the molecule is COC(=O)c1cc(OC)ccc1NC(=O)C=Cc1ccccc1. The standard InChI is InChI=1S/C18H17NO4/c1-22-14-9-10-16(15(12-14)18(21)23-2)19-17(20)11-8-13-6-4-3-5-7-13/h3-12H,1-2H3,(H,19,20). The van der Waals surface area contributed by atoms with E-state index in [0.717, 1.165) is 5.56 Å². The number of hydrogen-bond donors (Lipinski definition) is 1. The van der Waals surface area contributed by atoms with E-state index in [2.05, 4.69) is 5.32 Å². The minimum Gasteiger partial charge on any atom is -0.497 e. The third-order valence-corrected chi connectivity index (χ3v) is 3.12. The van der Waals surface area contributed by atoms with Crippen molar-refractivity contribution in [1.29, 1.82) is 0 Å². The molecule has 5 heteroatoms. The molecule has 0 heterocycles. The predicted octanol–water partition coefficient (Wildman–Crippen LogP) is 3.13. The Morgan fingerprint density at radius 2 is 1.78 bits per heavy atom. The lowest BCUT2D eigenvalue weighted by Crippen LogP contribution is -2.13. The number of carbonyl (C=O) groups excluding carboxylic acids is 2. The largest absolute Gasteiger partial charge is 0.497 e. The fourth-order valence-corrected chi connectivity index (χ4v) is 1.95. The fraction of sp³-hybridized carbons (Fsp3) is 0.111. The number of carbonyl (C=O) groups is 2. The lowest BCUT2D eigenvalue weighted by molar-refractivity contribution is -0.111. The first-order valence-corrected chi connectivity index (χ1v) is 6.94. The van der Waals surface area contributed by atoms with Gasteiger partial charge in [-0.1, -0.05) is 30.3 Å². The van der Waals surface area contributed by atoms with Gasteiger partial charge in [-0.2, -0.15) is 0 Å². The van der Waals surface area contributed by atoms with Gasteiger partial charge in [0.25, 0.3) is 0 Å². The molecule has 0 spiro atoms. The summed E-state index contributed by atoms with van der Waals surface area (Å²) in [5, 5.41) is 2.67. The van der Waals surface area contributed by atoms with Crippen LogP contribution in [0.25, 0.3) is 6.08 Å². The van der Waals surface area contributed by atoms with Crippen molar-refractivity contribution >= 4 is 23.6 Å². The van der Waals surface area contributed by atoms with Crippen molar-refractivity contribution in [2.75, 3.05) is 19.5 Å². The van der Waals surface area contributed by atoms with Gasteiger partial charge in [-0.05, 0) is 29.8 Å². The molecular weight excluding hydrogens is 294 g/mol. The van der Waals surface area contributed by atoms with Crippen molar-refractivity contribution in [2.24, 2.45) is 0 Å². The highest BCUT2D eigenvalue weighted by atomic mass is 16.5. The van der Waals surface area contributed by atoms with E-state index >= 15 is 0 Å². The summed E-state index contributed by atoms with van der Waals surface area (Å²) in [6.45, 7) is 0. The summed E-state index contributed by atoms with van der Waals surface area (Å²) in [4.78, 5) is 23.8. The Labute approximate surface area is 134 Å². The predicted molar refractivity (Wildman–Crippen MR) is 88.4 cm³/mol. The zero-order chi connectivity index (χ0) is 16.7. The molecule has 0 atom stereocenters. The second kappa shape index (κ2) is 7.79. The number of ether oxygens (including phenoxy) is 2. The van der Waals surface area contributed by atoms with E-state index in [9.17, 15) is 9.59 Å². The highest BCUT2D eigenvalue weighted by Gasteiger charge is 2.14. The zero-order valence-corrected chi connectivity index (χ0v) is 12.9. The van der Waals surface area contributed by atoms with Gasteiger partial charge in [-0.15, -0.1) is 0 Å². The Hall–Kier alpha value is -3.08. The number of rotatable bonds is 5. The summed E-state index contributed by atoms with van der Waals surface area (Å²) >= 11 is 0. The van der Waals surface area contributed by atoms with Gasteiger partial charge in [-0.3, -0.25) is 4.79 Å². The Morgan fingerprint density at radius 1 is 1.04 bits per heavy atom. The van der Waals surface area contributed by atoms with E-state index in [1.807, 2.05) is 30.3 Å². The van der Waals surface area contributed by atoms with Crippen molar-refractivity contribution in [3.8, 4) is 5.75 Å². The number of esters is 1. The number of benzene rings is 2. The third kappa shape index (κ3) is 4.44. The highest BCUT2D eigenvalue weighted by Crippen LogP contribution is 2.23. The first-order chi connectivity index (χ1) is 11.1. The number of anilines is 1. The first-order valence-electron chi connectivity index (χ1n) is 6.94. The molecule has 0 aliphatic heterocycles. The van der Waals surface area contributed by atoms with Gasteiger partial charge in [0.15, 0.2) is 0 Å². The van der Waals surface area contributed by atoms with E-state index in [0.29, 0.717) is 11.4 Å². The second-order valence-electron chi connectivity index (χ2n) is 4.64. The minimum absolute atomic E-state index is 0.230. The van der Waals surface area contributed by atoms with Crippen LogP contribution in [0.1, 0.15) is 15.9 Å². The maximum absolute atomic E-state index is 12.0. The molecule has 2 aromatic rings. The summed E-state index contributed by atoms with van der Waals surface area (Å²) in [5.74, 6) is -0.390. The molecule has 2 rings (SSSR count). The summed E-state index contributed by atoms with van der Waals surface area (Å²) in [5.41, 5.74) is 1.50. The van der Waals surface area contributed by atoms with Crippen LogP contribution in [-0.4, -0.2) is 26.1 Å². The molecule has 0 radical (unpaired) electrons. The van der Waals surface area contributed by atoms with E-state index in [4.69, 9.17) is 9.47 Å². The van der Waals surface area contributed by atoms with Gasteiger partial charge in [0, 0.05) is 6.08 Å². The first kappa shape index (κ1) is 16.3. The molecule has 23 heavy (non-hydrogen) atoms. The van der Waals surface area contributed by atoms with Gasteiger partial charge in [0.05, 0.1) is 25.5 Å². The third-order valence-electron chi connectivity index (χ3n) is 3.12. The minimum atomic E-state index is -0.550. The lowest BCUT2D eigenvalue weighted by Gasteiger charge is -2.10. The Balaban J connectivity index is 2.17. The molecule has 2 aromatic carbocycles. The topological polar surface area (TPSA) is 64.6 Å².